The third-order valence-corrected chi connectivity index (χ3v) is 5.17. The van der Waals surface area contributed by atoms with E-state index in [-0.39, 0.29) is 5.82 Å². The van der Waals surface area contributed by atoms with Crippen molar-refractivity contribution in [2.75, 3.05) is 5.32 Å². The second kappa shape index (κ2) is 8.19. The smallest absolute Gasteiger partial charge is 0.295 e. The number of para-hydroxylation sites is 1. The Kier molecular flexibility index (Phi) is 5.47. The van der Waals surface area contributed by atoms with Gasteiger partial charge < -0.3 is 5.32 Å². The summed E-state index contributed by atoms with van der Waals surface area (Å²) in [6.07, 6.45) is 0. The maximum atomic E-state index is 12.8. The third-order valence-electron chi connectivity index (χ3n) is 4.31. The van der Waals surface area contributed by atoms with Crippen LogP contribution >= 0.6 is 27.5 Å². The van der Waals surface area contributed by atoms with Crippen LogP contribution in [0.3, 0.4) is 0 Å². The average Bonchev–Trinajstić information content (AvgIpc) is 3.16. The van der Waals surface area contributed by atoms with Crippen molar-refractivity contribution in [3.05, 3.63) is 93.7 Å². The van der Waals surface area contributed by atoms with E-state index in [0.29, 0.717) is 16.5 Å². The molecular formula is C22H16BrClN4O. The molecule has 1 N–H and O–H groups in total. The Labute approximate surface area is 181 Å². The van der Waals surface area contributed by atoms with Crippen LogP contribution in [0, 0.1) is 6.92 Å². The molecule has 0 saturated carbocycles. The van der Waals surface area contributed by atoms with Gasteiger partial charge in [-0.15, -0.1) is 5.10 Å². The second-order valence-electron chi connectivity index (χ2n) is 6.45. The first-order valence-corrected chi connectivity index (χ1v) is 10.0. The van der Waals surface area contributed by atoms with Crippen molar-refractivity contribution in [2.24, 2.45) is 0 Å². The number of nitrogens with one attached hydrogen (secondary N) is 1. The van der Waals surface area contributed by atoms with E-state index in [1.54, 1.807) is 28.9 Å². The lowest BCUT2D eigenvalue weighted by atomic mass is 10.1. The topological polar surface area (TPSA) is 59.8 Å². The van der Waals surface area contributed by atoms with Gasteiger partial charge in [-0.1, -0.05) is 69.5 Å². The maximum Gasteiger partial charge on any atom is 0.295 e. The summed E-state index contributed by atoms with van der Waals surface area (Å²) in [4.78, 5) is 17.3. The number of aromatic nitrogens is 3. The number of amides is 1. The second-order valence-corrected chi connectivity index (χ2v) is 7.77. The summed E-state index contributed by atoms with van der Waals surface area (Å²) in [6.45, 7) is 2.02. The van der Waals surface area contributed by atoms with Gasteiger partial charge in [0.1, 0.15) is 0 Å². The van der Waals surface area contributed by atoms with Gasteiger partial charge in [-0.3, -0.25) is 4.79 Å². The molecule has 7 heteroatoms. The molecule has 0 spiro atoms. The summed E-state index contributed by atoms with van der Waals surface area (Å²) >= 11 is 9.59. The summed E-state index contributed by atoms with van der Waals surface area (Å²) in [7, 11) is 0. The number of carbonyl (C=O) groups is 1. The largest absolute Gasteiger partial charge is 0.318 e. The molecule has 0 bridgehead atoms. The van der Waals surface area contributed by atoms with Crippen molar-refractivity contribution in [1.82, 2.24) is 14.8 Å². The Balaban J connectivity index is 1.76. The fourth-order valence-electron chi connectivity index (χ4n) is 2.80. The molecule has 3 aromatic carbocycles. The van der Waals surface area contributed by atoms with Crippen LogP contribution in [0.25, 0.3) is 17.1 Å². The Morgan fingerprint density at radius 2 is 1.69 bits per heavy atom. The zero-order valence-electron chi connectivity index (χ0n) is 15.4. The maximum absolute atomic E-state index is 12.8. The van der Waals surface area contributed by atoms with Crippen LogP contribution in [0.5, 0.6) is 0 Å². The Hall–Kier alpha value is -2.96. The van der Waals surface area contributed by atoms with Gasteiger partial charge in [0.05, 0.1) is 16.4 Å². The fraction of sp³-hybridized carbons (Fsp3) is 0.0455. The summed E-state index contributed by atoms with van der Waals surface area (Å²) < 4.78 is 2.62. The van der Waals surface area contributed by atoms with E-state index in [9.17, 15) is 4.79 Å². The van der Waals surface area contributed by atoms with Gasteiger partial charge >= 0.3 is 0 Å². The molecule has 29 heavy (non-hydrogen) atoms. The van der Waals surface area contributed by atoms with E-state index in [1.165, 1.54) is 0 Å². The van der Waals surface area contributed by atoms with Gasteiger partial charge in [0.2, 0.25) is 5.82 Å². The van der Waals surface area contributed by atoms with Crippen molar-refractivity contribution >= 4 is 39.1 Å². The highest BCUT2D eigenvalue weighted by Gasteiger charge is 2.19. The SMILES string of the molecule is Cc1ccc(-c2nc(C(=O)Nc3ccccc3Cl)nn2-c2ccc(Br)cc2)cc1. The normalized spacial score (nSPS) is 10.7. The van der Waals surface area contributed by atoms with Crippen molar-refractivity contribution in [2.45, 2.75) is 6.92 Å². The van der Waals surface area contributed by atoms with Crippen molar-refractivity contribution < 1.29 is 4.79 Å². The minimum Gasteiger partial charge on any atom is -0.318 e. The van der Waals surface area contributed by atoms with Crippen molar-refractivity contribution in [1.29, 1.82) is 0 Å². The quantitative estimate of drug-likeness (QED) is 0.406. The molecule has 0 unspecified atom stereocenters. The standard InChI is InChI=1S/C22H16BrClN4O/c1-14-6-8-15(9-7-14)21-26-20(22(29)25-19-5-3-2-4-18(19)24)27-28(21)17-12-10-16(23)11-13-17/h2-13H,1H3,(H,25,29). The lowest BCUT2D eigenvalue weighted by Crippen LogP contribution is -2.14. The first-order chi connectivity index (χ1) is 14.0. The molecule has 0 atom stereocenters. The number of hydrogen-bond acceptors (Lipinski definition) is 3. The van der Waals surface area contributed by atoms with E-state index in [4.69, 9.17) is 11.6 Å². The lowest BCUT2D eigenvalue weighted by molar-refractivity contribution is 0.101. The van der Waals surface area contributed by atoms with E-state index in [1.807, 2.05) is 55.5 Å². The van der Waals surface area contributed by atoms with Gasteiger partial charge in [0, 0.05) is 10.0 Å². The predicted molar refractivity (Wildman–Crippen MR) is 119 cm³/mol. The molecule has 144 valence electrons. The predicted octanol–water partition coefficient (Wildman–Crippen LogP) is 5.91. The van der Waals surface area contributed by atoms with Gasteiger partial charge in [-0.25, -0.2) is 9.67 Å². The first-order valence-electron chi connectivity index (χ1n) is 8.87. The zero-order valence-corrected chi connectivity index (χ0v) is 17.8. The van der Waals surface area contributed by atoms with E-state index >= 15 is 0 Å². The van der Waals surface area contributed by atoms with E-state index < -0.39 is 5.91 Å². The van der Waals surface area contributed by atoms with Gasteiger partial charge in [-0.05, 0) is 43.3 Å². The van der Waals surface area contributed by atoms with Crippen molar-refractivity contribution in [3.63, 3.8) is 0 Å². The number of carbonyl (C=O) groups excluding carboxylic acids is 1. The van der Waals surface area contributed by atoms with Crippen LogP contribution in [0.15, 0.2) is 77.3 Å². The summed E-state index contributed by atoms with van der Waals surface area (Å²) in [5.41, 5.74) is 3.31. The minimum atomic E-state index is -0.428. The highest BCUT2D eigenvalue weighted by Crippen LogP contribution is 2.24. The summed E-state index contributed by atoms with van der Waals surface area (Å²) in [5.74, 6) is 0.211. The van der Waals surface area contributed by atoms with Crippen molar-refractivity contribution in [3.8, 4) is 17.1 Å². The van der Waals surface area contributed by atoms with Crippen LogP contribution in [0.4, 0.5) is 5.69 Å². The van der Waals surface area contributed by atoms with E-state index in [0.717, 1.165) is 21.3 Å². The average molecular weight is 468 g/mol. The molecule has 0 saturated heterocycles. The van der Waals surface area contributed by atoms with Gasteiger partial charge in [0.15, 0.2) is 5.82 Å². The number of aryl methyl sites for hydroxylation is 1. The highest BCUT2D eigenvalue weighted by molar-refractivity contribution is 9.10. The number of hydrogen-bond donors (Lipinski definition) is 1. The number of rotatable bonds is 4. The van der Waals surface area contributed by atoms with Crippen LogP contribution in [0.1, 0.15) is 16.2 Å². The molecule has 0 fully saturated rings. The highest BCUT2D eigenvalue weighted by atomic mass is 79.9. The van der Waals surface area contributed by atoms with Crippen LogP contribution in [-0.4, -0.2) is 20.7 Å². The first kappa shape index (κ1) is 19.4. The van der Waals surface area contributed by atoms with Crippen LogP contribution in [0.2, 0.25) is 5.02 Å². The Morgan fingerprint density at radius 1 is 1.00 bits per heavy atom. The number of halogens is 2. The fourth-order valence-corrected chi connectivity index (χ4v) is 3.25. The third kappa shape index (κ3) is 4.23. The van der Waals surface area contributed by atoms with Crippen LogP contribution in [-0.2, 0) is 0 Å². The molecule has 0 aliphatic rings. The molecule has 1 heterocycles. The monoisotopic (exact) mass is 466 g/mol. The Morgan fingerprint density at radius 3 is 2.38 bits per heavy atom. The zero-order chi connectivity index (χ0) is 20.4. The van der Waals surface area contributed by atoms with Gasteiger partial charge in [0.25, 0.3) is 5.91 Å². The molecule has 0 radical (unpaired) electrons. The number of nitrogens with zero attached hydrogens (tertiary/aromatic N) is 3. The van der Waals surface area contributed by atoms with Crippen LogP contribution < -0.4 is 5.32 Å². The molecule has 4 aromatic rings. The lowest BCUT2D eigenvalue weighted by Gasteiger charge is -2.06. The molecular weight excluding hydrogens is 452 g/mol. The van der Waals surface area contributed by atoms with Gasteiger partial charge in [-0.2, -0.15) is 0 Å². The number of benzene rings is 3. The molecule has 1 amide bonds. The number of anilines is 1. The molecule has 5 nitrogen and oxygen atoms in total. The summed E-state index contributed by atoms with van der Waals surface area (Å²) in [5, 5.41) is 7.69. The minimum absolute atomic E-state index is 0.0587. The van der Waals surface area contributed by atoms with E-state index in [2.05, 4.69) is 31.3 Å². The molecule has 4 rings (SSSR count). The molecule has 0 aliphatic heterocycles. The Bertz CT molecular complexity index is 1110. The molecule has 0 aliphatic carbocycles. The molecule has 1 aromatic heterocycles. The summed E-state index contributed by atoms with van der Waals surface area (Å²) in [6, 6.07) is 22.6.